The van der Waals surface area contributed by atoms with E-state index in [-0.39, 0.29) is 16.6 Å². The second-order valence-corrected chi connectivity index (χ2v) is 5.96. The lowest BCUT2D eigenvalue weighted by Crippen LogP contribution is -2.34. The molecule has 1 N–H and O–H groups in total. The van der Waals surface area contributed by atoms with Crippen molar-refractivity contribution in [1.82, 2.24) is 15.5 Å². The Morgan fingerprint density at radius 2 is 2.00 bits per heavy atom. The minimum absolute atomic E-state index is 0.0929. The number of halogens is 2. The van der Waals surface area contributed by atoms with Gasteiger partial charge >= 0.3 is 0 Å². The number of benzene rings is 2. The molecule has 7 heteroatoms. The molecule has 0 saturated heterocycles. The SMILES string of the molecule is CC(Cc1nc(-c2ccccc2)no1)NC(=O)c1cccc(Cl)c1F. The van der Waals surface area contributed by atoms with Gasteiger partial charge in [-0.1, -0.05) is 53.2 Å². The molecule has 0 fully saturated rings. The predicted octanol–water partition coefficient (Wildman–Crippen LogP) is 3.89. The molecule has 25 heavy (non-hydrogen) atoms. The van der Waals surface area contributed by atoms with E-state index in [2.05, 4.69) is 15.5 Å². The second-order valence-electron chi connectivity index (χ2n) is 5.56. The zero-order chi connectivity index (χ0) is 17.8. The first-order valence-electron chi connectivity index (χ1n) is 7.67. The van der Waals surface area contributed by atoms with Gasteiger partial charge in [0.05, 0.1) is 10.6 Å². The van der Waals surface area contributed by atoms with Crippen molar-refractivity contribution in [3.05, 3.63) is 70.8 Å². The Balaban J connectivity index is 1.65. The lowest BCUT2D eigenvalue weighted by atomic mass is 10.1. The van der Waals surface area contributed by atoms with Gasteiger partial charge in [-0.25, -0.2) is 4.39 Å². The predicted molar refractivity (Wildman–Crippen MR) is 91.8 cm³/mol. The van der Waals surface area contributed by atoms with Crippen LogP contribution in [0.15, 0.2) is 53.1 Å². The summed E-state index contributed by atoms with van der Waals surface area (Å²) in [6, 6.07) is 13.4. The van der Waals surface area contributed by atoms with Gasteiger partial charge in [-0.05, 0) is 19.1 Å². The third-order valence-electron chi connectivity index (χ3n) is 3.55. The lowest BCUT2D eigenvalue weighted by molar-refractivity contribution is 0.0934. The number of aromatic nitrogens is 2. The zero-order valence-electron chi connectivity index (χ0n) is 13.4. The average Bonchev–Trinajstić information content (AvgIpc) is 3.06. The van der Waals surface area contributed by atoms with Crippen molar-refractivity contribution in [2.45, 2.75) is 19.4 Å². The van der Waals surface area contributed by atoms with Crippen molar-refractivity contribution >= 4 is 17.5 Å². The summed E-state index contributed by atoms with van der Waals surface area (Å²) in [5, 5.41) is 6.53. The number of carbonyl (C=O) groups is 1. The van der Waals surface area contributed by atoms with Crippen LogP contribution >= 0.6 is 11.6 Å². The lowest BCUT2D eigenvalue weighted by Gasteiger charge is -2.12. The molecule has 1 unspecified atom stereocenters. The first kappa shape index (κ1) is 17.1. The number of hydrogen-bond donors (Lipinski definition) is 1. The van der Waals surface area contributed by atoms with E-state index in [4.69, 9.17) is 16.1 Å². The number of nitrogens with zero attached hydrogens (tertiary/aromatic N) is 2. The van der Waals surface area contributed by atoms with E-state index in [0.717, 1.165) is 5.56 Å². The Hall–Kier alpha value is -2.73. The summed E-state index contributed by atoms with van der Waals surface area (Å²) in [5.74, 6) is -0.415. The van der Waals surface area contributed by atoms with Crippen molar-refractivity contribution in [3.8, 4) is 11.4 Å². The molecule has 1 atom stereocenters. The van der Waals surface area contributed by atoms with Crippen molar-refractivity contribution < 1.29 is 13.7 Å². The monoisotopic (exact) mass is 359 g/mol. The van der Waals surface area contributed by atoms with Crippen LogP contribution in [0.5, 0.6) is 0 Å². The summed E-state index contributed by atoms with van der Waals surface area (Å²) in [6.45, 7) is 1.77. The molecule has 5 nitrogen and oxygen atoms in total. The van der Waals surface area contributed by atoms with Crippen LogP contribution in [0.4, 0.5) is 4.39 Å². The summed E-state index contributed by atoms with van der Waals surface area (Å²) < 4.78 is 19.1. The summed E-state index contributed by atoms with van der Waals surface area (Å²) in [4.78, 5) is 16.5. The molecule has 0 bridgehead atoms. The van der Waals surface area contributed by atoms with Crippen LogP contribution < -0.4 is 5.32 Å². The van der Waals surface area contributed by atoms with Crippen molar-refractivity contribution in [3.63, 3.8) is 0 Å². The molecule has 0 aliphatic rings. The number of hydrogen-bond acceptors (Lipinski definition) is 4. The minimum atomic E-state index is -0.738. The third kappa shape index (κ3) is 4.03. The Morgan fingerprint density at radius 3 is 2.76 bits per heavy atom. The molecule has 0 aliphatic heterocycles. The summed E-state index contributed by atoms with van der Waals surface area (Å²) in [6.07, 6.45) is 0.327. The van der Waals surface area contributed by atoms with Crippen molar-refractivity contribution in [2.24, 2.45) is 0 Å². The number of amides is 1. The van der Waals surface area contributed by atoms with Crippen LogP contribution in [0.2, 0.25) is 5.02 Å². The van der Waals surface area contributed by atoms with Gasteiger partial charge < -0.3 is 9.84 Å². The van der Waals surface area contributed by atoms with Crippen molar-refractivity contribution in [1.29, 1.82) is 0 Å². The second kappa shape index (κ2) is 7.44. The molecule has 0 aliphatic carbocycles. The van der Waals surface area contributed by atoms with E-state index in [1.54, 1.807) is 6.92 Å². The Morgan fingerprint density at radius 1 is 1.24 bits per heavy atom. The molecule has 1 heterocycles. The number of carbonyl (C=O) groups excluding carboxylic acids is 1. The quantitative estimate of drug-likeness (QED) is 0.750. The Bertz CT molecular complexity index is 883. The molecule has 1 aromatic heterocycles. The van der Waals surface area contributed by atoms with Gasteiger partial charge in [0.25, 0.3) is 5.91 Å². The van der Waals surface area contributed by atoms with E-state index in [9.17, 15) is 9.18 Å². The standard InChI is InChI=1S/C18H15ClFN3O2/c1-11(21-18(24)13-8-5-9-14(19)16(13)20)10-15-22-17(23-25-15)12-6-3-2-4-7-12/h2-9,11H,10H2,1H3,(H,21,24). The highest BCUT2D eigenvalue weighted by Gasteiger charge is 2.18. The summed E-state index contributed by atoms with van der Waals surface area (Å²) in [5.41, 5.74) is 0.741. The fraction of sp³-hybridized carbons (Fsp3) is 0.167. The fourth-order valence-electron chi connectivity index (χ4n) is 2.34. The third-order valence-corrected chi connectivity index (χ3v) is 3.85. The van der Waals surface area contributed by atoms with Crippen LogP contribution in [0.3, 0.4) is 0 Å². The molecular weight excluding hydrogens is 345 g/mol. The van der Waals surface area contributed by atoms with Crippen LogP contribution in [0, 0.1) is 5.82 Å². The van der Waals surface area contributed by atoms with Crippen LogP contribution in [0.1, 0.15) is 23.2 Å². The highest BCUT2D eigenvalue weighted by atomic mass is 35.5. The van der Waals surface area contributed by atoms with Gasteiger partial charge in [-0.3, -0.25) is 4.79 Å². The number of rotatable bonds is 5. The van der Waals surface area contributed by atoms with E-state index < -0.39 is 11.7 Å². The smallest absolute Gasteiger partial charge is 0.254 e. The van der Waals surface area contributed by atoms with Crippen LogP contribution in [-0.2, 0) is 6.42 Å². The van der Waals surface area contributed by atoms with Crippen LogP contribution in [-0.4, -0.2) is 22.1 Å². The van der Waals surface area contributed by atoms with Gasteiger partial charge in [0, 0.05) is 18.0 Å². The van der Waals surface area contributed by atoms with E-state index in [1.807, 2.05) is 30.3 Å². The largest absolute Gasteiger partial charge is 0.349 e. The maximum absolute atomic E-state index is 13.9. The van der Waals surface area contributed by atoms with Crippen LogP contribution in [0.25, 0.3) is 11.4 Å². The van der Waals surface area contributed by atoms with Gasteiger partial charge in [0.2, 0.25) is 11.7 Å². The molecule has 128 valence electrons. The summed E-state index contributed by atoms with van der Waals surface area (Å²) in [7, 11) is 0. The molecular formula is C18H15ClFN3O2. The molecule has 0 spiro atoms. The van der Waals surface area contributed by atoms with Gasteiger partial charge in [0.1, 0.15) is 0 Å². The molecule has 1 amide bonds. The molecule has 0 saturated carbocycles. The molecule has 3 rings (SSSR count). The highest BCUT2D eigenvalue weighted by Crippen LogP contribution is 2.18. The van der Waals surface area contributed by atoms with Gasteiger partial charge in [-0.2, -0.15) is 4.98 Å². The normalized spacial score (nSPS) is 12.0. The average molecular weight is 360 g/mol. The topological polar surface area (TPSA) is 68.0 Å². The maximum Gasteiger partial charge on any atom is 0.254 e. The van der Waals surface area contributed by atoms with E-state index in [0.29, 0.717) is 18.1 Å². The highest BCUT2D eigenvalue weighted by molar-refractivity contribution is 6.31. The molecule has 3 aromatic rings. The van der Waals surface area contributed by atoms with Gasteiger partial charge in [-0.15, -0.1) is 0 Å². The summed E-state index contributed by atoms with van der Waals surface area (Å²) >= 11 is 5.70. The van der Waals surface area contributed by atoms with Crippen molar-refractivity contribution in [2.75, 3.05) is 0 Å². The maximum atomic E-state index is 13.9. The minimum Gasteiger partial charge on any atom is -0.349 e. The number of nitrogens with one attached hydrogen (secondary N) is 1. The van der Waals surface area contributed by atoms with E-state index in [1.165, 1.54) is 18.2 Å². The fourth-order valence-corrected chi connectivity index (χ4v) is 2.51. The molecule has 2 aromatic carbocycles. The van der Waals surface area contributed by atoms with Gasteiger partial charge in [0.15, 0.2) is 5.82 Å². The zero-order valence-corrected chi connectivity index (χ0v) is 14.1. The Labute approximate surface area is 148 Å². The molecule has 0 radical (unpaired) electrons. The Kier molecular flexibility index (Phi) is 5.09. The van der Waals surface area contributed by atoms with E-state index >= 15 is 0 Å². The first-order valence-corrected chi connectivity index (χ1v) is 8.05. The first-order chi connectivity index (χ1) is 12.0.